The molecule has 0 saturated carbocycles. The molecule has 0 saturated heterocycles. The standard InChI is InChI=1S/C14H14BrN3O/c1-9-4-2-7-12(13(9)15)18-14(19)17-11-6-3-5-10(16)8-11/h2-8H,16H2,1H3,(H2,17,18,19). The van der Waals surface area contributed by atoms with Crippen LogP contribution in [0.2, 0.25) is 0 Å². The second kappa shape index (κ2) is 5.75. The van der Waals surface area contributed by atoms with Gasteiger partial charge in [0.1, 0.15) is 0 Å². The number of nitrogens with two attached hydrogens (primary N) is 1. The number of nitrogens with one attached hydrogen (secondary N) is 2. The Hall–Kier alpha value is -2.01. The molecule has 0 aliphatic heterocycles. The van der Waals surface area contributed by atoms with Crippen molar-refractivity contribution in [3.8, 4) is 0 Å². The first kappa shape index (κ1) is 13.4. The van der Waals surface area contributed by atoms with Crippen molar-refractivity contribution in [2.45, 2.75) is 6.92 Å². The van der Waals surface area contributed by atoms with Crippen LogP contribution in [0.1, 0.15) is 5.56 Å². The Morgan fingerprint density at radius 3 is 2.63 bits per heavy atom. The molecule has 0 radical (unpaired) electrons. The minimum Gasteiger partial charge on any atom is -0.399 e. The third-order valence-corrected chi connectivity index (χ3v) is 3.64. The lowest BCUT2D eigenvalue weighted by molar-refractivity contribution is 0.262. The van der Waals surface area contributed by atoms with Crippen molar-refractivity contribution in [1.82, 2.24) is 0 Å². The Balaban J connectivity index is 2.08. The fourth-order valence-electron chi connectivity index (χ4n) is 1.65. The Kier molecular flexibility index (Phi) is 4.06. The fraction of sp³-hybridized carbons (Fsp3) is 0.0714. The van der Waals surface area contributed by atoms with Crippen LogP contribution >= 0.6 is 15.9 Å². The molecular formula is C14H14BrN3O. The molecule has 5 heteroatoms. The molecule has 4 N–H and O–H groups in total. The quantitative estimate of drug-likeness (QED) is 0.733. The van der Waals surface area contributed by atoms with Gasteiger partial charge in [-0.15, -0.1) is 0 Å². The summed E-state index contributed by atoms with van der Waals surface area (Å²) in [6, 6.07) is 12.4. The normalized spacial score (nSPS) is 10.0. The molecule has 0 aromatic heterocycles. The van der Waals surface area contributed by atoms with Crippen molar-refractivity contribution < 1.29 is 4.79 Å². The largest absolute Gasteiger partial charge is 0.399 e. The average Bonchev–Trinajstić information content (AvgIpc) is 2.35. The van der Waals surface area contributed by atoms with Gasteiger partial charge in [-0.1, -0.05) is 18.2 Å². The van der Waals surface area contributed by atoms with Gasteiger partial charge in [-0.3, -0.25) is 0 Å². The van der Waals surface area contributed by atoms with Gasteiger partial charge in [0.15, 0.2) is 0 Å². The van der Waals surface area contributed by atoms with Crippen molar-refractivity contribution in [1.29, 1.82) is 0 Å². The van der Waals surface area contributed by atoms with Gasteiger partial charge < -0.3 is 16.4 Å². The van der Waals surface area contributed by atoms with Gasteiger partial charge in [-0.25, -0.2) is 4.79 Å². The Morgan fingerprint density at radius 2 is 1.89 bits per heavy atom. The number of nitrogen functional groups attached to an aromatic ring is 1. The Morgan fingerprint density at radius 1 is 1.16 bits per heavy atom. The zero-order valence-corrected chi connectivity index (χ0v) is 12.0. The lowest BCUT2D eigenvalue weighted by Crippen LogP contribution is -2.19. The Bertz CT molecular complexity index is 613. The van der Waals surface area contributed by atoms with Crippen molar-refractivity contribution in [3.05, 3.63) is 52.5 Å². The van der Waals surface area contributed by atoms with Crippen LogP contribution in [-0.2, 0) is 0 Å². The summed E-state index contributed by atoms with van der Waals surface area (Å²) >= 11 is 3.44. The monoisotopic (exact) mass is 319 g/mol. The zero-order chi connectivity index (χ0) is 13.8. The molecule has 2 amide bonds. The van der Waals surface area contributed by atoms with Crippen LogP contribution in [0, 0.1) is 6.92 Å². The second-order valence-electron chi connectivity index (χ2n) is 4.14. The lowest BCUT2D eigenvalue weighted by Gasteiger charge is -2.10. The molecule has 0 unspecified atom stereocenters. The van der Waals surface area contributed by atoms with Gasteiger partial charge in [-0.05, 0) is 52.7 Å². The SMILES string of the molecule is Cc1cccc(NC(=O)Nc2cccc(N)c2)c1Br. The molecule has 2 rings (SSSR count). The van der Waals surface area contributed by atoms with E-state index in [0.29, 0.717) is 11.4 Å². The number of hydrogen-bond donors (Lipinski definition) is 3. The van der Waals surface area contributed by atoms with Crippen molar-refractivity contribution in [3.63, 3.8) is 0 Å². The van der Waals surface area contributed by atoms with E-state index in [9.17, 15) is 4.79 Å². The van der Waals surface area contributed by atoms with E-state index in [1.165, 1.54) is 0 Å². The number of anilines is 3. The highest BCUT2D eigenvalue weighted by Crippen LogP contribution is 2.25. The molecule has 0 atom stereocenters. The molecule has 98 valence electrons. The predicted molar refractivity (Wildman–Crippen MR) is 82.4 cm³/mol. The van der Waals surface area contributed by atoms with E-state index in [1.807, 2.05) is 25.1 Å². The number of carbonyl (C=O) groups excluding carboxylic acids is 1. The molecule has 0 bridgehead atoms. The van der Waals surface area contributed by atoms with Crippen LogP contribution in [0.4, 0.5) is 21.9 Å². The van der Waals surface area contributed by atoms with E-state index in [0.717, 1.165) is 15.7 Å². The molecular weight excluding hydrogens is 306 g/mol. The highest BCUT2D eigenvalue weighted by atomic mass is 79.9. The first-order chi connectivity index (χ1) is 9.06. The number of amides is 2. The van der Waals surface area contributed by atoms with Gasteiger partial charge in [0.25, 0.3) is 0 Å². The van der Waals surface area contributed by atoms with E-state index in [4.69, 9.17) is 5.73 Å². The summed E-state index contributed by atoms with van der Waals surface area (Å²) in [6.07, 6.45) is 0. The molecule has 4 nitrogen and oxygen atoms in total. The van der Waals surface area contributed by atoms with E-state index >= 15 is 0 Å². The lowest BCUT2D eigenvalue weighted by atomic mass is 10.2. The molecule has 0 aliphatic carbocycles. The van der Waals surface area contributed by atoms with E-state index < -0.39 is 0 Å². The predicted octanol–water partition coefficient (Wildman–Crippen LogP) is 3.98. The van der Waals surface area contributed by atoms with Crippen LogP contribution < -0.4 is 16.4 Å². The summed E-state index contributed by atoms with van der Waals surface area (Å²) in [7, 11) is 0. The van der Waals surface area contributed by atoms with Gasteiger partial charge in [0.05, 0.1) is 5.69 Å². The number of aryl methyl sites for hydroxylation is 1. The summed E-state index contributed by atoms with van der Waals surface area (Å²) in [5.41, 5.74) is 8.69. The first-order valence-corrected chi connectivity index (χ1v) is 6.54. The van der Waals surface area contributed by atoms with E-state index in [-0.39, 0.29) is 6.03 Å². The summed E-state index contributed by atoms with van der Waals surface area (Å²) in [5.74, 6) is 0. The number of carbonyl (C=O) groups is 1. The topological polar surface area (TPSA) is 67.2 Å². The van der Waals surface area contributed by atoms with Crippen molar-refractivity contribution in [2.75, 3.05) is 16.4 Å². The molecule has 2 aromatic rings. The molecule has 2 aromatic carbocycles. The van der Waals surface area contributed by atoms with Crippen LogP contribution in [0.3, 0.4) is 0 Å². The Labute approximate surface area is 120 Å². The number of urea groups is 1. The third-order valence-electron chi connectivity index (χ3n) is 2.58. The fourth-order valence-corrected chi connectivity index (χ4v) is 2.01. The summed E-state index contributed by atoms with van der Waals surface area (Å²) < 4.78 is 0.873. The van der Waals surface area contributed by atoms with Crippen molar-refractivity contribution in [2.24, 2.45) is 0 Å². The molecule has 0 aliphatic rings. The van der Waals surface area contributed by atoms with Gasteiger partial charge >= 0.3 is 6.03 Å². The molecule has 19 heavy (non-hydrogen) atoms. The smallest absolute Gasteiger partial charge is 0.323 e. The van der Waals surface area contributed by atoms with Crippen molar-refractivity contribution >= 4 is 39.0 Å². The highest BCUT2D eigenvalue weighted by Gasteiger charge is 2.07. The number of benzene rings is 2. The van der Waals surface area contributed by atoms with Crippen LogP contribution in [0.25, 0.3) is 0 Å². The summed E-state index contributed by atoms with van der Waals surface area (Å²) in [6.45, 7) is 1.96. The summed E-state index contributed by atoms with van der Waals surface area (Å²) in [5, 5.41) is 5.51. The summed E-state index contributed by atoms with van der Waals surface area (Å²) in [4.78, 5) is 11.9. The first-order valence-electron chi connectivity index (χ1n) is 5.75. The maximum atomic E-state index is 11.9. The maximum Gasteiger partial charge on any atom is 0.323 e. The third kappa shape index (κ3) is 3.48. The number of hydrogen-bond acceptors (Lipinski definition) is 2. The number of rotatable bonds is 2. The van der Waals surface area contributed by atoms with Crippen LogP contribution in [0.15, 0.2) is 46.9 Å². The minimum absolute atomic E-state index is 0.308. The molecule has 0 heterocycles. The van der Waals surface area contributed by atoms with Crippen LogP contribution in [-0.4, -0.2) is 6.03 Å². The molecule has 0 spiro atoms. The van der Waals surface area contributed by atoms with E-state index in [1.54, 1.807) is 24.3 Å². The van der Waals surface area contributed by atoms with E-state index in [2.05, 4.69) is 26.6 Å². The van der Waals surface area contributed by atoms with Gasteiger partial charge in [-0.2, -0.15) is 0 Å². The molecule has 0 fully saturated rings. The number of halogens is 1. The second-order valence-corrected chi connectivity index (χ2v) is 4.93. The van der Waals surface area contributed by atoms with Gasteiger partial charge in [0, 0.05) is 15.8 Å². The van der Waals surface area contributed by atoms with Gasteiger partial charge in [0.2, 0.25) is 0 Å². The van der Waals surface area contributed by atoms with Crippen LogP contribution in [0.5, 0.6) is 0 Å². The highest BCUT2D eigenvalue weighted by molar-refractivity contribution is 9.10. The zero-order valence-electron chi connectivity index (χ0n) is 10.4. The minimum atomic E-state index is -0.308. The maximum absolute atomic E-state index is 11.9. The average molecular weight is 320 g/mol.